The summed E-state index contributed by atoms with van der Waals surface area (Å²) in [5.41, 5.74) is 0.752. The van der Waals surface area contributed by atoms with Crippen molar-refractivity contribution in [3.05, 3.63) is 33.5 Å². The van der Waals surface area contributed by atoms with Crippen LogP contribution in [0.4, 0.5) is 9.18 Å². The van der Waals surface area contributed by atoms with Crippen LogP contribution in [0.5, 0.6) is 0 Å². The number of benzene rings is 1. The lowest BCUT2D eigenvalue weighted by molar-refractivity contribution is 0.0244. The highest BCUT2D eigenvalue weighted by atomic mass is 79.9. The van der Waals surface area contributed by atoms with E-state index in [-0.39, 0.29) is 5.82 Å². The minimum absolute atomic E-state index is 0.275. The number of carbonyl (C=O) groups excluding carboxylic acids is 1. The minimum atomic E-state index is -0.541. The molecule has 0 aromatic heterocycles. The fourth-order valence-electron chi connectivity index (χ4n) is 1.65. The van der Waals surface area contributed by atoms with E-state index >= 15 is 0 Å². The molecular formula is C15H21BrFNO2. The molecule has 5 heteroatoms. The first-order valence-electron chi connectivity index (χ1n) is 6.56. The number of carbonyl (C=O) groups is 1. The van der Waals surface area contributed by atoms with E-state index in [2.05, 4.69) is 15.9 Å². The third kappa shape index (κ3) is 4.78. The Balaban J connectivity index is 2.89. The molecule has 0 bridgehead atoms. The van der Waals surface area contributed by atoms with E-state index in [0.29, 0.717) is 18.7 Å². The van der Waals surface area contributed by atoms with Gasteiger partial charge in [-0.15, -0.1) is 0 Å². The first-order chi connectivity index (χ1) is 9.14. The molecule has 0 aliphatic heterocycles. The molecule has 0 aliphatic rings. The van der Waals surface area contributed by atoms with Crippen LogP contribution in [0.2, 0.25) is 0 Å². The van der Waals surface area contributed by atoms with Crippen LogP contribution in [-0.2, 0) is 11.3 Å². The van der Waals surface area contributed by atoms with Gasteiger partial charge in [0.25, 0.3) is 0 Å². The van der Waals surface area contributed by atoms with E-state index in [1.165, 1.54) is 6.07 Å². The van der Waals surface area contributed by atoms with Crippen molar-refractivity contribution in [3.8, 4) is 0 Å². The zero-order valence-corrected chi connectivity index (χ0v) is 14.2. The van der Waals surface area contributed by atoms with Gasteiger partial charge in [0, 0.05) is 11.0 Å². The second-order valence-corrected chi connectivity index (χ2v) is 6.54. The van der Waals surface area contributed by atoms with Gasteiger partial charge < -0.3 is 9.64 Å². The molecule has 0 aliphatic carbocycles. The summed E-state index contributed by atoms with van der Waals surface area (Å²) in [7, 11) is 0. The van der Waals surface area contributed by atoms with Crippen LogP contribution < -0.4 is 0 Å². The second kappa shape index (κ2) is 6.57. The largest absolute Gasteiger partial charge is 0.444 e. The van der Waals surface area contributed by atoms with Crippen molar-refractivity contribution in [2.24, 2.45) is 0 Å². The van der Waals surface area contributed by atoms with E-state index in [4.69, 9.17) is 4.74 Å². The van der Waals surface area contributed by atoms with E-state index in [9.17, 15) is 9.18 Å². The lowest BCUT2D eigenvalue weighted by atomic mass is 10.1. The molecule has 0 spiro atoms. The highest BCUT2D eigenvalue weighted by molar-refractivity contribution is 9.10. The maximum atomic E-state index is 13.6. The van der Waals surface area contributed by atoms with Crippen LogP contribution in [0.25, 0.3) is 0 Å². The summed E-state index contributed by atoms with van der Waals surface area (Å²) in [5, 5.41) is 0. The Kier molecular flexibility index (Phi) is 5.57. The van der Waals surface area contributed by atoms with Gasteiger partial charge in [0.1, 0.15) is 11.4 Å². The quantitative estimate of drug-likeness (QED) is 0.797. The molecule has 1 amide bonds. The topological polar surface area (TPSA) is 29.5 Å². The number of hydrogen-bond acceptors (Lipinski definition) is 2. The fraction of sp³-hybridized carbons (Fsp3) is 0.533. The number of nitrogens with zero attached hydrogens (tertiary/aromatic N) is 1. The number of halogens is 2. The molecule has 0 radical (unpaired) electrons. The molecule has 0 N–H and O–H groups in total. The summed E-state index contributed by atoms with van der Waals surface area (Å²) in [6.07, 6.45) is -0.395. The van der Waals surface area contributed by atoms with Gasteiger partial charge in [-0.3, -0.25) is 0 Å². The van der Waals surface area contributed by atoms with Crippen LogP contribution in [0.1, 0.15) is 38.8 Å². The molecule has 0 heterocycles. The third-order valence-electron chi connectivity index (χ3n) is 2.72. The van der Waals surface area contributed by atoms with Gasteiger partial charge >= 0.3 is 6.09 Å². The third-order valence-corrected chi connectivity index (χ3v) is 3.46. The monoisotopic (exact) mass is 345 g/mol. The maximum absolute atomic E-state index is 13.6. The van der Waals surface area contributed by atoms with Gasteiger partial charge in [0.15, 0.2) is 0 Å². The number of rotatable bonds is 3. The fourth-order valence-corrected chi connectivity index (χ4v) is 2.23. The van der Waals surface area contributed by atoms with Crippen LogP contribution in [0, 0.1) is 12.7 Å². The standard InChI is InChI=1S/C15H21BrFNO2/c1-6-18(14(19)20-15(3,4)5)9-11-8-13(17)10(2)7-12(11)16/h7-8H,6,9H2,1-5H3. The SMILES string of the molecule is CCN(Cc1cc(F)c(C)cc1Br)C(=O)OC(C)(C)C. The molecule has 0 saturated heterocycles. The Labute approximate surface area is 128 Å². The highest BCUT2D eigenvalue weighted by Gasteiger charge is 2.22. The van der Waals surface area contributed by atoms with Gasteiger partial charge in [-0.05, 0) is 57.9 Å². The summed E-state index contributed by atoms with van der Waals surface area (Å²) in [4.78, 5) is 13.6. The van der Waals surface area contributed by atoms with Crippen molar-refractivity contribution >= 4 is 22.0 Å². The van der Waals surface area contributed by atoms with E-state index in [1.807, 2.05) is 27.7 Å². The number of amides is 1. The highest BCUT2D eigenvalue weighted by Crippen LogP contribution is 2.23. The Hall–Kier alpha value is -1.10. The van der Waals surface area contributed by atoms with Gasteiger partial charge in [-0.1, -0.05) is 15.9 Å². The van der Waals surface area contributed by atoms with Crippen molar-refractivity contribution in [2.75, 3.05) is 6.54 Å². The van der Waals surface area contributed by atoms with Crippen LogP contribution in [0.15, 0.2) is 16.6 Å². The number of hydrogen-bond donors (Lipinski definition) is 0. The van der Waals surface area contributed by atoms with Crippen molar-refractivity contribution in [1.82, 2.24) is 4.90 Å². The van der Waals surface area contributed by atoms with Crippen LogP contribution in [0.3, 0.4) is 0 Å². The lowest BCUT2D eigenvalue weighted by Crippen LogP contribution is -2.36. The van der Waals surface area contributed by atoms with E-state index in [1.54, 1.807) is 17.9 Å². The van der Waals surface area contributed by atoms with Crippen molar-refractivity contribution in [2.45, 2.75) is 46.8 Å². The number of ether oxygens (including phenoxy) is 1. The summed E-state index contributed by atoms with van der Waals surface area (Å²) in [6, 6.07) is 3.17. The molecule has 0 fully saturated rings. The second-order valence-electron chi connectivity index (χ2n) is 5.69. The van der Waals surface area contributed by atoms with E-state index < -0.39 is 11.7 Å². The lowest BCUT2D eigenvalue weighted by Gasteiger charge is -2.27. The van der Waals surface area contributed by atoms with Gasteiger partial charge in [0.05, 0.1) is 6.54 Å². The Morgan fingerprint density at radius 3 is 2.50 bits per heavy atom. The molecular weight excluding hydrogens is 325 g/mol. The Bertz CT molecular complexity index is 497. The first kappa shape index (κ1) is 17.0. The van der Waals surface area contributed by atoms with Gasteiger partial charge in [-0.2, -0.15) is 0 Å². The van der Waals surface area contributed by atoms with Crippen molar-refractivity contribution < 1.29 is 13.9 Å². The first-order valence-corrected chi connectivity index (χ1v) is 7.35. The molecule has 112 valence electrons. The van der Waals surface area contributed by atoms with Gasteiger partial charge in [0.2, 0.25) is 0 Å². The van der Waals surface area contributed by atoms with Crippen LogP contribution in [-0.4, -0.2) is 23.1 Å². The predicted octanol–water partition coefficient (Wildman–Crippen LogP) is 4.65. The minimum Gasteiger partial charge on any atom is -0.444 e. The van der Waals surface area contributed by atoms with E-state index in [0.717, 1.165) is 10.0 Å². The Morgan fingerprint density at radius 2 is 2.00 bits per heavy atom. The van der Waals surface area contributed by atoms with Crippen molar-refractivity contribution in [3.63, 3.8) is 0 Å². The molecule has 1 aromatic carbocycles. The van der Waals surface area contributed by atoms with Gasteiger partial charge in [-0.25, -0.2) is 9.18 Å². The zero-order valence-electron chi connectivity index (χ0n) is 12.6. The molecule has 3 nitrogen and oxygen atoms in total. The normalized spacial score (nSPS) is 11.3. The molecule has 1 rings (SSSR count). The average Bonchev–Trinajstić information content (AvgIpc) is 2.29. The van der Waals surface area contributed by atoms with Crippen molar-refractivity contribution in [1.29, 1.82) is 0 Å². The number of aryl methyl sites for hydroxylation is 1. The summed E-state index contributed by atoms with van der Waals surface area (Å²) in [5.74, 6) is -0.275. The summed E-state index contributed by atoms with van der Waals surface area (Å²) in [6.45, 7) is 9.83. The Morgan fingerprint density at radius 1 is 1.40 bits per heavy atom. The average molecular weight is 346 g/mol. The molecule has 1 aromatic rings. The summed E-state index contributed by atoms with van der Waals surface area (Å²) < 4.78 is 19.8. The molecule has 0 saturated carbocycles. The predicted molar refractivity (Wildman–Crippen MR) is 81.2 cm³/mol. The summed E-state index contributed by atoms with van der Waals surface area (Å²) >= 11 is 3.40. The zero-order chi connectivity index (χ0) is 15.5. The smallest absolute Gasteiger partial charge is 0.410 e. The van der Waals surface area contributed by atoms with Crippen LogP contribution >= 0.6 is 15.9 Å². The molecule has 20 heavy (non-hydrogen) atoms. The molecule has 0 unspecified atom stereocenters. The maximum Gasteiger partial charge on any atom is 0.410 e. The molecule has 0 atom stereocenters.